The van der Waals surface area contributed by atoms with E-state index in [4.69, 9.17) is 4.74 Å². The number of aromatic nitrogens is 2. The third kappa shape index (κ3) is 6.22. The molecular formula is C22H28IN5O. The normalized spacial score (nSPS) is 10.9. The van der Waals surface area contributed by atoms with Crippen LogP contribution in [-0.2, 0) is 19.5 Å². The first-order chi connectivity index (χ1) is 13.7. The first-order valence-corrected chi connectivity index (χ1v) is 9.43. The summed E-state index contributed by atoms with van der Waals surface area (Å²) in [5, 5.41) is 11.3. The first kappa shape index (κ1) is 22.7. The van der Waals surface area contributed by atoms with Crippen LogP contribution in [0.4, 0.5) is 0 Å². The molecule has 0 saturated carbocycles. The largest absolute Gasteiger partial charge is 0.497 e. The van der Waals surface area contributed by atoms with E-state index in [-0.39, 0.29) is 24.0 Å². The van der Waals surface area contributed by atoms with E-state index < -0.39 is 0 Å². The zero-order chi connectivity index (χ0) is 19.8. The minimum absolute atomic E-state index is 0. The van der Waals surface area contributed by atoms with Gasteiger partial charge in [-0.1, -0.05) is 31.2 Å². The van der Waals surface area contributed by atoms with Crippen molar-refractivity contribution >= 4 is 29.9 Å². The van der Waals surface area contributed by atoms with Gasteiger partial charge in [-0.3, -0.25) is 4.99 Å². The molecule has 0 fully saturated rings. The van der Waals surface area contributed by atoms with Gasteiger partial charge in [0.15, 0.2) is 5.96 Å². The Bertz CT molecular complexity index is 921. The van der Waals surface area contributed by atoms with E-state index in [0.717, 1.165) is 36.1 Å². The van der Waals surface area contributed by atoms with E-state index in [1.807, 2.05) is 41.2 Å². The summed E-state index contributed by atoms with van der Waals surface area (Å²) in [6.45, 7) is 3.51. The predicted molar refractivity (Wildman–Crippen MR) is 128 cm³/mol. The molecule has 0 aliphatic carbocycles. The maximum Gasteiger partial charge on any atom is 0.191 e. The van der Waals surface area contributed by atoms with Crippen molar-refractivity contribution in [1.29, 1.82) is 0 Å². The monoisotopic (exact) mass is 505 g/mol. The third-order valence-electron chi connectivity index (χ3n) is 4.59. The lowest BCUT2D eigenvalue weighted by molar-refractivity contribution is 0.414. The molecular weight excluding hydrogens is 477 g/mol. The van der Waals surface area contributed by atoms with E-state index in [1.165, 1.54) is 11.1 Å². The summed E-state index contributed by atoms with van der Waals surface area (Å²) < 4.78 is 7.05. The molecule has 0 bridgehead atoms. The van der Waals surface area contributed by atoms with Crippen LogP contribution in [-0.4, -0.2) is 29.9 Å². The lowest BCUT2D eigenvalue weighted by Gasteiger charge is -2.13. The van der Waals surface area contributed by atoms with Crippen LogP contribution in [0.25, 0.3) is 5.69 Å². The summed E-state index contributed by atoms with van der Waals surface area (Å²) in [7, 11) is 3.44. The molecule has 0 radical (unpaired) electrons. The smallest absolute Gasteiger partial charge is 0.191 e. The second-order valence-electron chi connectivity index (χ2n) is 6.35. The minimum Gasteiger partial charge on any atom is -0.497 e. The molecule has 0 unspecified atom stereocenters. The summed E-state index contributed by atoms with van der Waals surface area (Å²) in [5.41, 5.74) is 4.57. The molecule has 1 aromatic heterocycles. The molecule has 6 nitrogen and oxygen atoms in total. The number of aliphatic imine (C=N–C) groups is 1. The van der Waals surface area contributed by atoms with Gasteiger partial charge < -0.3 is 15.4 Å². The van der Waals surface area contributed by atoms with Gasteiger partial charge in [-0.2, -0.15) is 5.10 Å². The lowest BCUT2D eigenvalue weighted by Crippen LogP contribution is -2.36. The number of halogens is 1. The molecule has 7 heteroatoms. The number of rotatable bonds is 7. The van der Waals surface area contributed by atoms with Crippen LogP contribution in [0, 0.1) is 0 Å². The molecule has 29 heavy (non-hydrogen) atoms. The average Bonchev–Trinajstić information content (AvgIpc) is 3.23. The SMILES string of the molecule is CCc1ccccc1CNC(=NC)NCc1ccn(-c2ccc(OC)cc2)n1.I. The number of nitrogens with one attached hydrogen (secondary N) is 2. The van der Waals surface area contributed by atoms with Gasteiger partial charge in [-0.15, -0.1) is 24.0 Å². The van der Waals surface area contributed by atoms with Gasteiger partial charge >= 0.3 is 0 Å². The summed E-state index contributed by atoms with van der Waals surface area (Å²) in [5.74, 6) is 1.59. The molecule has 1 heterocycles. The Hall–Kier alpha value is -2.55. The first-order valence-electron chi connectivity index (χ1n) is 9.43. The minimum atomic E-state index is 0. The van der Waals surface area contributed by atoms with Crippen LogP contribution in [0.1, 0.15) is 23.7 Å². The maximum absolute atomic E-state index is 5.20. The van der Waals surface area contributed by atoms with E-state index in [0.29, 0.717) is 6.54 Å². The van der Waals surface area contributed by atoms with Crippen LogP contribution in [0.3, 0.4) is 0 Å². The summed E-state index contributed by atoms with van der Waals surface area (Å²) in [6.07, 6.45) is 2.97. The molecule has 0 aliphatic heterocycles. The molecule has 0 spiro atoms. The van der Waals surface area contributed by atoms with Gasteiger partial charge in [0, 0.05) is 19.8 Å². The second-order valence-corrected chi connectivity index (χ2v) is 6.35. The Labute approximate surface area is 189 Å². The highest BCUT2D eigenvalue weighted by Gasteiger charge is 2.05. The Morgan fingerprint density at radius 3 is 2.34 bits per heavy atom. The third-order valence-corrected chi connectivity index (χ3v) is 4.59. The fourth-order valence-electron chi connectivity index (χ4n) is 2.98. The second kappa shape index (κ2) is 11.5. The highest BCUT2D eigenvalue weighted by Crippen LogP contribution is 2.14. The number of benzene rings is 2. The van der Waals surface area contributed by atoms with Gasteiger partial charge in [-0.05, 0) is 47.9 Å². The van der Waals surface area contributed by atoms with Crippen LogP contribution < -0.4 is 15.4 Å². The molecule has 0 saturated heterocycles. The maximum atomic E-state index is 5.20. The van der Waals surface area contributed by atoms with Crippen molar-refractivity contribution in [2.24, 2.45) is 4.99 Å². The van der Waals surface area contributed by atoms with Crippen molar-refractivity contribution in [3.8, 4) is 11.4 Å². The van der Waals surface area contributed by atoms with Crippen molar-refractivity contribution in [2.75, 3.05) is 14.2 Å². The Kier molecular flexibility index (Phi) is 8.98. The van der Waals surface area contributed by atoms with Gasteiger partial charge in [0.05, 0.1) is 25.0 Å². The molecule has 0 amide bonds. The van der Waals surface area contributed by atoms with Crippen LogP contribution in [0.15, 0.2) is 65.8 Å². The van der Waals surface area contributed by atoms with E-state index in [1.54, 1.807) is 14.2 Å². The Morgan fingerprint density at radius 2 is 1.69 bits per heavy atom. The van der Waals surface area contributed by atoms with Crippen LogP contribution in [0.5, 0.6) is 5.75 Å². The molecule has 3 rings (SSSR count). The molecule has 2 N–H and O–H groups in total. The van der Waals surface area contributed by atoms with Crippen molar-refractivity contribution in [3.63, 3.8) is 0 Å². The van der Waals surface area contributed by atoms with E-state index >= 15 is 0 Å². The summed E-state index contributed by atoms with van der Waals surface area (Å²) >= 11 is 0. The van der Waals surface area contributed by atoms with Crippen molar-refractivity contribution in [1.82, 2.24) is 20.4 Å². The number of hydrogen-bond acceptors (Lipinski definition) is 3. The average molecular weight is 505 g/mol. The number of hydrogen-bond donors (Lipinski definition) is 2. The molecule has 2 aromatic carbocycles. The Morgan fingerprint density at radius 1 is 1.00 bits per heavy atom. The Balaban J connectivity index is 0.00000300. The van der Waals surface area contributed by atoms with Gasteiger partial charge in [0.2, 0.25) is 0 Å². The molecule has 0 aliphatic rings. The zero-order valence-electron chi connectivity index (χ0n) is 17.1. The quantitative estimate of drug-likeness (QED) is 0.290. The topological polar surface area (TPSA) is 63.5 Å². The fourth-order valence-corrected chi connectivity index (χ4v) is 2.98. The summed E-state index contributed by atoms with van der Waals surface area (Å²) in [6, 6.07) is 18.3. The highest BCUT2D eigenvalue weighted by molar-refractivity contribution is 14.0. The molecule has 3 aromatic rings. The van der Waals surface area contributed by atoms with Gasteiger partial charge in [0.25, 0.3) is 0 Å². The predicted octanol–water partition coefficient (Wildman–Crippen LogP) is 3.93. The number of methoxy groups -OCH3 is 1. The van der Waals surface area contributed by atoms with Crippen molar-refractivity contribution < 1.29 is 4.74 Å². The molecule has 0 atom stereocenters. The standard InChI is InChI=1S/C22H27N5O.HI/c1-4-17-7-5-6-8-18(17)15-24-22(23-2)25-16-19-13-14-27(26-19)20-9-11-21(28-3)12-10-20;/h5-14H,4,15-16H2,1-3H3,(H2,23,24,25);1H. The lowest BCUT2D eigenvalue weighted by atomic mass is 10.1. The van der Waals surface area contributed by atoms with Gasteiger partial charge in [0.1, 0.15) is 5.75 Å². The van der Waals surface area contributed by atoms with Gasteiger partial charge in [-0.25, -0.2) is 4.68 Å². The van der Waals surface area contributed by atoms with Crippen LogP contribution in [0.2, 0.25) is 0 Å². The number of ether oxygens (including phenoxy) is 1. The summed E-state index contributed by atoms with van der Waals surface area (Å²) in [4.78, 5) is 4.30. The zero-order valence-corrected chi connectivity index (χ0v) is 19.4. The number of nitrogens with zero attached hydrogens (tertiary/aromatic N) is 3. The van der Waals surface area contributed by atoms with E-state index in [2.05, 4.69) is 51.9 Å². The number of aryl methyl sites for hydroxylation is 1. The van der Waals surface area contributed by atoms with Crippen LogP contribution >= 0.6 is 24.0 Å². The number of guanidine groups is 1. The molecule has 154 valence electrons. The highest BCUT2D eigenvalue weighted by atomic mass is 127. The van der Waals surface area contributed by atoms with Crippen molar-refractivity contribution in [2.45, 2.75) is 26.4 Å². The fraction of sp³-hybridized carbons (Fsp3) is 0.273. The van der Waals surface area contributed by atoms with E-state index in [9.17, 15) is 0 Å². The van der Waals surface area contributed by atoms with Crippen molar-refractivity contribution in [3.05, 3.63) is 77.6 Å².